The summed E-state index contributed by atoms with van der Waals surface area (Å²) in [7, 11) is 1.63. The van der Waals surface area contributed by atoms with Gasteiger partial charge in [0, 0.05) is 6.61 Å². The zero-order chi connectivity index (χ0) is 13.0. The highest BCUT2D eigenvalue weighted by Gasteiger charge is 2.24. The SMILES string of the molecule is COc1cccc([C@H](C)NC(=O)[C@@H]2CCCO2)c1. The lowest BCUT2D eigenvalue weighted by Crippen LogP contribution is -2.35. The van der Waals surface area contributed by atoms with Gasteiger partial charge in [0.05, 0.1) is 13.2 Å². The summed E-state index contributed by atoms with van der Waals surface area (Å²) < 4.78 is 10.5. The van der Waals surface area contributed by atoms with Crippen LogP contribution in [0.25, 0.3) is 0 Å². The Kier molecular flexibility index (Phi) is 4.20. The van der Waals surface area contributed by atoms with E-state index in [4.69, 9.17) is 9.47 Å². The fraction of sp³-hybridized carbons (Fsp3) is 0.500. The van der Waals surface area contributed by atoms with Crippen molar-refractivity contribution in [3.8, 4) is 5.75 Å². The van der Waals surface area contributed by atoms with Crippen LogP contribution in [0.4, 0.5) is 0 Å². The summed E-state index contributed by atoms with van der Waals surface area (Å²) in [6.07, 6.45) is 1.50. The number of hydrogen-bond donors (Lipinski definition) is 1. The molecule has 1 heterocycles. The van der Waals surface area contributed by atoms with Gasteiger partial charge in [-0.2, -0.15) is 0 Å². The van der Waals surface area contributed by atoms with Gasteiger partial charge in [0.25, 0.3) is 0 Å². The highest BCUT2D eigenvalue weighted by atomic mass is 16.5. The first-order valence-electron chi connectivity index (χ1n) is 6.26. The Bertz CT molecular complexity index is 413. The molecule has 1 aromatic carbocycles. The fourth-order valence-corrected chi connectivity index (χ4v) is 2.08. The molecule has 1 amide bonds. The van der Waals surface area contributed by atoms with Crippen molar-refractivity contribution in [2.75, 3.05) is 13.7 Å². The molecule has 1 fully saturated rings. The summed E-state index contributed by atoms with van der Waals surface area (Å²) in [6, 6.07) is 7.67. The molecule has 0 saturated carbocycles. The van der Waals surface area contributed by atoms with Crippen molar-refractivity contribution < 1.29 is 14.3 Å². The van der Waals surface area contributed by atoms with Crippen LogP contribution in [0.1, 0.15) is 31.4 Å². The van der Waals surface area contributed by atoms with Crippen LogP contribution in [0.5, 0.6) is 5.75 Å². The van der Waals surface area contributed by atoms with Gasteiger partial charge >= 0.3 is 0 Å². The molecular weight excluding hydrogens is 230 g/mol. The van der Waals surface area contributed by atoms with Crippen LogP contribution in [0.2, 0.25) is 0 Å². The minimum atomic E-state index is -0.280. The van der Waals surface area contributed by atoms with Crippen LogP contribution in [0.3, 0.4) is 0 Å². The van der Waals surface area contributed by atoms with Crippen molar-refractivity contribution in [2.45, 2.75) is 31.9 Å². The number of carbonyl (C=O) groups is 1. The van der Waals surface area contributed by atoms with Crippen LogP contribution in [-0.2, 0) is 9.53 Å². The molecule has 18 heavy (non-hydrogen) atoms. The molecule has 0 bridgehead atoms. The molecule has 1 aliphatic heterocycles. The second-order valence-corrected chi connectivity index (χ2v) is 4.51. The molecule has 98 valence electrons. The Hall–Kier alpha value is -1.55. The molecule has 0 unspecified atom stereocenters. The average Bonchev–Trinajstić information content (AvgIpc) is 2.92. The summed E-state index contributed by atoms with van der Waals surface area (Å²) in [6.45, 7) is 2.65. The van der Waals surface area contributed by atoms with E-state index in [1.54, 1.807) is 7.11 Å². The van der Waals surface area contributed by atoms with Crippen LogP contribution >= 0.6 is 0 Å². The maximum Gasteiger partial charge on any atom is 0.249 e. The van der Waals surface area contributed by atoms with E-state index in [2.05, 4.69) is 5.32 Å². The number of rotatable bonds is 4. The highest BCUT2D eigenvalue weighted by Crippen LogP contribution is 2.20. The largest absolute Gasteiger partial charge is 0.497 e. The van der Waals surface area contributed by atoms with Crippen molar-refractivity contribution in [2.24, 2.45) is 0 Å². The molecule has 0 spiro atoms. The molecule has 1 saturated heterocycles. The smallest absolute Gasteiger partial charge is 0.249 e. The van der Waals surface area contributed by atoms with E-state index < -0.39 is 0 Å². The van der Waals surface area contributed by atoms with Gasteiger partial charge < -0.3 is 14.8 Å². The molecule has 1 N–H and O–H groups in total. The minimum absolute atomic E-state index is 0.0252. The fourth-order valence-electron chi connectivity index (χ4n) is 2.08. The number of carbonyl (C=O) groups excluding carboxylic acids is 1. The van der Waals surface area contributed by atoms with Gasteiger partial charge in [0.2, 0.25) is 5.91 Å². The Labute approximate surface area is 107 Å². The maximum atomic E-state index is 11.9. The maximum absolute atomic E-state index is 11.9. The van der Waals surface area contributed by atoms with Gasteiger partial charge in [-0.3, -0.25) is 4.79 Å². The first-order chi connectivity index (χ1) is 8.70. The van der Waals surface area contributed by atoms with Crippen molar-refractivity contribution in [1.29, 1.82) is 0 Å². The van der Waals surface area contributed by atoms with Gasteiger partial charge in [-0.1, -0.05) is 12.1 Å². The third kappa shape index (κ3) is 3.01. The van der Waals surface area contributed by atoms with Gasteiger partial charge in [-0.25, -0.2) is 0 Å². The number of methoxy groups -OCH3 is 1. The Morgan fingerprint density at radius 1 is 1.56 bits per heavy atom. The quantitative estimate of drug-likeness (QED) is 0.888. The molecular formula is C14H19NO3. The van der Waals surface area contributed by atoms with E-state index in [9.17, 15) is 4.79 Å². The molecule has 2 rings (SSSR count). The monoisotopic (exact) mass is 249 g/mol. The molecule has 0 aromatic heterocycles. The number of benzene rings is 1. The zero-order valence-corrected chi connectivity index (χ0v) is 10.8. The van der Waals surface area contributed by atoms with E-state index in [1.807, 2.05) is 31.2 Å². The number of nitrogens with one attached hydrogen (secondary N) is 1. The molecule has 0 radical (unpaired) electrons. The zero-order valence-electron chi connectivity index (χ0n) is 10.8. The van der Waals surface area contributed by atoms with Crippen LogP contribution in [-0.4, -0.2) is 25.7 Å². The lowest BCUT2D eigenvalue weighted by molar-refractivity contribution is -0.130. The van der Waals surface area contributed by atoms with Crippen LogP contribution in [0, 0.1) is 0 Å². The molecule has 4 nitrogen and oxygen atoms in total. The first-order valence-corrected chi connectivity index (χ1v) is 6.26. The minimum Gasteiger partial charge on any atom is -0.497 e. The lowest BCUT2D eigenvalue weighted by atomic mass is 10.1. The second-order valence-electron chi connectivity index (χ2n) is 4.51. The van der Waals surface area contributed by atoms with Crippen molar-refractivity contribution >= 4 is 5.91 Å². The van der Waals surface area contributed by atoms with Crippen molar-refractivity contribution in [3.05, 3.63) is 29.8 Å². The third-order valence-corrected chi connectivity index (χ3v) is 3.17. The Balaban J connectivity index is 1.97. The number of hydrogen-bond acceptors (Lipinski definition) is 3. The summed E-state index contributed by atoms with van der Waals surface area (Å²) in [4.78, 5) is 11.9. The Morgan fingerprint density at radius 3 is 3.06 bits per heavy atom. The van der Waals surface area contributed by atoms with Crippen LogP contribution < -0.4 is 10.1 Å². The summed E-state index contributed by atoms with van der Waals surface area (Å²) in [5, 5.41) is 2.97. The molecule has 1 aromatic rings. The average molecular weight is 249 g/mol. The van der Waals surface area contributed by atoms with E-state index in [-0.39, 0.29) is 18.1 Å². The molecule has 4 heteroatoms. The topological polar surface area (TPSA) is 47.6 Å². The normalized spacial score (nSPS) is 20.4. The summed E-state index contributed by atoms with van der Waals surface area (Å²) >= 11 is 0. The molecule has 2 atom stereocenters. The van der Waals surface area contributed by atoms with Gasteiger partial charge in [0.15, 0.2) is 0 Å². The summed E-state index contributed by atoms with van der Waals surface area (Å²) in [5.41, 5.74) is 1.03. The second kappa shape index (κ2) is 5.87. The number of amides is 1. The van der Waals surface area contributed by atoms with Gasteiger partial charge in [-0.15, -0.1) is 0 Å². The number of ether oxygens (including phenoxy) is 2. The Morgan fingerprint density at radius 2 is 2.39 bits per heavy atom. The standard InChI is InChI=1S/C14H19NO3/c1-10(11-5-3-6-12(9-11)17-2)15-14(16)13-7-4-8-18-13/h3,5-6,9-10,13H,4,7-8H2,1-2H3,(H,15,16)/t10-,13-/m0/s1. The van der Waals surface area contributed by atoms with E-state index in [0.29, 0.717) is 6.61 Å². The van der Waals surface area contributed by atoms with E-state index in [0.717, 1.165) is 24.2 Å². The van der Waals surface area contributed by atoms with Crippen molar-refractivity contribution in [1.82, 2.24) is 5.32 Å². The molecule has 0 aliphatic carbocycles. The third-order valence-electron chi connectivity index (χ3n) is 3.17. The highest BCUT2D eigenvalue weighted by molar-refractivity contribution is 5.81. The predicted octanol–water partition coefficient (Wildman–Crippen LogP) is 2.05. The lowest BCUT2D eigenvalue weighted by Gasteiger charge is -2.17. The van der Waals surface area contributed by atoms with Crippen molar-refractivity contribution in [3.63, 3.8) is 0 Å². The van der Waals surface area contributed by atoms with E-state index >= 15 is 0 Å². The molecule has 1 aliphatic rings. The van der Waals surface area contributed by atoms with Crippen LogP contribution in [0.15, 0.2) is 24.3 Å². The predicted molar refractivity (Wildman–Crippen MR) is 68.5 cm³/mol. The first kappa shape index (κ1) is 12.9. The summed E-state index contributed by atoms with van der Waals surface area (Å²) in [5.74, 6) is 0.772. The van der Waals surface area contributed by atoms with Gasteiger partial charge in [0.1, 0.15) is 11.9 Å². The van der Waals surface area contributed by atoms with E-state index in [1.165, 1.54) is 0 Å². The van der Waals surface area contributed by atoms with Gasteiger partial charge in [-0.05, 0) is 37.5 Å².